The Kier molecular flexibility index (Phi) is 3.50. The van der Waals surface area contributed by atoms with Gasteiger partial charge in [-0.1, -0.05) is 13.8 Å². The predicted octanol–water partition coefficient (Wildman–Crippen LogP) is 2.17. The highest BCUT2D eigenvalue weighted by Gasteiger charge is 2.58. The molecule has 4 rings (SSSR count). The Hall–Kier alpha value is -2.78. The van der Waals surface area contributed by atoms with Crippen LogP contribution in [0.5, 0.6) is 0 Å². The van der Waals surface area contributed by atoms with E-state index in [1.807, 2.05) is 13.8 Å². The van der Waals surface area contributed by atoms with Crippen molar-refractivity contribution >= 4 is 23.3 Å². The van der Waals surface area contributed by atoms with Gasteiger partial charge in [0.25, 0.3) is 5.91 Å². The summed E-state index contributed by atoms with van der Waals surface area (Å²) in [6.45, 7) is 4.24. The van der Waals surface area contributed by atoms with Gasteiger partial charge in [0.05, 0.1) is 17.3 Å². The number of hydrogen-bond acceptors (Lipinski definition) is 4. The zero-order valence-corrected chi connectivity index (χ0v) is 14.7. The second-order valence-electron chi connectivity index (χ2n) is 7.66. The Bertz CT molecular complexity index is 952. The molecule has 4 heterocycles. The summed E-state index contributed by atoms with van der Waals surface area (Å²) in [6, 6.07) is 1.60. The molecule has 144 valence electrons. The van der Waals surface area contributed by atoms with Gasteiger partial charge in [0.2, 0.25) is 0 Å². The zero-order chi connectivity index (χ0) is 19.6. The molecule has 1 unspecified atom stereocenters. The lowest BCUT2D eigenvalue weighted by atomic mass is 9.67. The number of anilines is 1. The van der Waals surface area contributed by atoms with Crippen molar-refractivity contribution in [3.8, 4) is 0 Å². The second kappa shape index (κ2) is 5.37. The fourth-order valence-corrected chi connectivity index (χ4v) is 4.09. The first-order chi connectivity index (χ1) is 12.5. The third kappa shape index (κ3) is 2.54. The average Bonchev–Trinajstić information content (AvgIpc) is 3.13. The summed E-state index contributed by atoms with van der Waals surface area (Å²) < 4.78 is 41.5. The first-order valence-electron chi connectivity index (χ1n) is 8.45. The molecule has 27 heavy (non-hydrogen) atoms. The second-order valence-corrected chi connectivity index (χ2v) is 7.66. The summed E-state index contributed by atoms with van der Waals surface area (Å²) >= 11 is 0. The Balaban J connectivity index is 1.75. The number of nitrogens with zero attached hydrogens (tertiary/aromatic N) is 3. The number of rotatable bonds is 1. The molecule has 1 atom stereocenters. The minimum absolute atomic E-state index is 0.282. The van der Waals surface area contributed by atoms with E-state index < -0.39 is 34.6 Å². The summed E-state index contributed by atoms with van der Waals surface area (Å²) in [5, 5.41) is 4.99. The number of piperidine rings is 1. The number of nitrogens with one attached hydrogen (secondary N) is 2. The normalized spacial score (nSPS) is 25.1. The first-order valence-corrected chi connectivity index (χ1v) is 8.45. The molecular weight excluding hydrogens is 363 g/mol. The summed E-state index contributed by atoms with van der Waals surface area (Å²) in [4.78, 5) is 29.8. The number of imidazole rings is 1. The van der Waals surface area contributed by atoms with Gasteiger partial charge in [0.1, 0.15) is 17.7 Å². The van der Waals surface area contributed by atoms with E-state index in [9.17, 15) is 22.8 Å². The summed E-state index contributed by atoms with van der Waals surface area (Å²) in [7, 11) is 0. The van der Waals surface area contributed by atoms with Crippen LogP contribution in [-0.4, -0.2) is 40.0 Å². The van der Waals surface area contributed by atoms with E-state index in [2.05, 4.69) is 15.6 Å². The van der Waals surface area contributed by atoms with Crippen LogP contribution in [0.3, 0.4) is 0 Å². The van der Waals surface area contributed by atoms with Gasteiger partial charge >= 0.3 is 12.2 Å². The van der Waals surface area contributed by atoms with Crippen molar-refractivity contribution in [1.29, 1.82) is 0 Å². The van der Waals surface area contributed by atoms with E-state index in [0.29, 0.717) is 17.9 Å². The van der Waals surface area contributed by atoms with Crippen molar-refractivity contribution in [1.82, 2.24) is 20.0 Å². The van der Waals surface area contributed by atoms with E-state index in [1.54, 1.807) is 9.30 Å². The monoisotopic (exact) mass is 381 g/mol. The van der Waals surface area contributed by atoms with Gasteiger partial charge in [-0.25, -0.2) is 9.78 Å². The molecule has 2 fully saturated rings. The Morgan fingerprint density at radius 3 is 2.56 bits per heavy atom. The van der Waals surface area contributed by atoms with Gasteiger partial charge in [0.15, 0.2) is 0 Å². The van der Waals surface area contributed by atoms with Gasteiger partial charge in [-0.3, -0.25) is 14.5 Å². The number of hydrogen-bond donors (Lipinski definition) is 2. The number of fused-ring (bicyclic) bond motifs is 1. The molecule has 2 aromatic heterocycles. The minimum atomic E-state index is -4.48. The highest BCUT2D eigenvalue weighted by Crippen LogP contribution is 2.42. The van der Waals surface area contributed by atoms with Crippen LogP contribution >= 0.6 is 0 Å². The number of alkyl halides is 3. The molecule has 2 saturated heterocycles. The van der Waals surface area contributed by atoms with Crippen molar-refractivity contribution in [2.45, 2.75) is 32.0 Å². The van der Waals surface area contributed by atoms with E-state index in [0.717, 1.165) is 12.1 Å². The smallest absolute Gasteiger partial charge is 0.357 e. The van der Waals surface area contributed by atoms with E-state index >= 15 is 0 Å². The van der Waals surface area contributed by atoms with Gasteiger partial charge in [-0.15, -0.1) is 0 Å². The molecule has 10 heteroatoms. The maximum absolute atomic E-state index is 13.3. The molecule has 2 aliphatic rings. The molecule has 2 N–H and O–H groups in total. The molecule has 0 saturated carbocycles. The number of pyridine rings is 1. The maximum Gasteiger partial charge on any atom is 0.416 e. The highest BCUT2D eigenvalue weighted by atomic mass is 19.4. The van der Waals surface area contributed by atoms with Crippen LogP contribution in [0.1, 0.15) is 25.8 Å². The lowest BCUT2D eigenvalue weighted by molar-refractivity contribution is -0.137. The van der Waals surface area contributed by atoms with Gasteiger partial charge in [-0.05, 0) is 18.6 Å². The summed E-state index contributed by atoms with van der Waals surface area (Å²) in [6.07, 6.45) is -1.36. The Morgan fingerprint density at radius 2 is 1.96 bits per heavy atom. The number of imide groups is 1. The molecule has 0 radical (unpaired) electrons. The van der Waals surface area contributed by atoms with Crippen molar-refractivity contribution < 1.29 is 22.8 Å². The van der Waals surface area contributed by atoms with Crippen LogP contribution in [0, 0.1) is 5.41 Å². The Labute approximate surface area is 152 Å². The van der Waals surface area contributed by atoms with Crippen LogP contribution in [-0.2, 0) is 11.0 Å². The number of amides is 3. The highest BCUT2D eigenvalue weighted by molar-refractivity contribution is 6.07. The van der Waals surface area contributed by atoms with Gasteiger partial charge in [-0.2, -0.15) is 13.2 Å². The molecule has 7 nitrogen and oxygen atoms in total. The van der Waals surface area contributed by atoms with Crippen LogP contribution in [0.4, 0.5) is 23.8 Å². The van der Waals surface area contributed by atoms with Gasteiger partial charge in [0, 0.05) is 18.5 Å². The number of halogens is 3. The summed E-state index contributed by atoms with van der Waals surface area (Å²) in [5.74, 6) is -0.0426. The first kappa shape index (κ1) is 17.6. The van der Waals surface area contributed by atoms with Crippen molar-refractivity contribution in [3.05, 3.63) is 30.2 Å². The number of carbonyl (C=O) groups excluding carboxylic acids is 2. The molecule has 2 aromatic rings. The van der Waals surface area contributed by atoms with Crippen LogP contribution < -0.4 is 15.5 Å². The molecule has 0 aromatic carbocycles. The minimum Gasteiger partial charge on any atom is -0.357 e. The standard InChI is InChI=1S/C17H18F3N5O2/c1-15(2)8-24(4-3-16(15)13(26)22-14(27)23-16)12-6-10(17(18,19)20)5-11-7-21-9-25(11)12/h5-7,9H,3-4,8H2,1-2H3,(H2,22,23,26,27). The molecule has 1 spiro atoms. The van der Waals surface area contributed by atoms with Gasteiger partial charge < -0.3 is 10.2 Å². The lowest BCUT2D eigenvalue weighted by Gasteiger charge is -2.50. The SMILES string of the molecule is CC1(C)CN(c2cc(C(F)(F)F)cc3cncn23)CCC12NC(=O)NC2=O. The Morgan fingerprint density at radius 1 is 1.22 bits per heavy atom. The predicted molar refractivity (Wildman–Crippen MR) is 90.2 cm³/mol. The van der Waals surface area contributed by atoms with Crippen molar-refractivity contribution in [2.24, 2.45) is 5.41 Å². The van der Waals surface area contributed by atoms with E-state index in [4.69, 9.17) is 0 Å². The molecular formula is C17H18F3N5O2. The van der Waals surface area contributed by atoms with Crippen LogP contribution in [0.2, 0.25) is 0 Å². The third-order valence-corrected chi connectivity index (χ3v) is 5.59. The number of aromatic nitrogens is 2. The number of urea groups is 1. The number of carbonyl (C=O) groups is 2. The zero-order valence-electron chi connectivity index (χ0n) is 14.7. The molecule has 2 aliphatic heterocycles. The van der Waals surface area contributed by atoms with Crippen LogP contribution in [0.15, 0.2) is 24.7 Å². The fraction of sp³-hybridized carbons (Fsp3) is 0.471. The quantitative estimate of drug-likeness (QED) is 0.742. The molecule has 0 aliphatic carbocycles. The van der Waals surface area contributed by atoms with E-state index in [-0.39, 0.29) is 13.0 Å². The molecule has 3 amide bonds. The van der Waals surface area contributed by atoms with E-state index in [1.165, 1.54) is 12.5 Å². The summed E-state index contributed by atoms with van der Waals surface area (Å²) in [5.41, 5.74) is -2.20. The maximum atomic E-state index is 13.3. The van der Waals surface area contributed by atoms with Crippen LogP contribution in [0.25, 0.3) is 5.52 Å². The average molecular weight is 381 g/mol. The third-order valence-electron chi connectivity index (χ3n) is 5.59. The largest absolute Gasteiger partial charge is 0.416 e. The van der Waals surface area contributed by atoms with Crippen molar-refractivity contribution in [3.63, 3.8) is 0 Å². The fourth-order valence-electron chi connectivity index (χ4n) is 4.09. The van der Waals surface area contributed by atoms with Crippen molar-refractivity contribution in [2.75, 3.05) is 18.0 Å². The lowest BCUT2D eigenvalue weighted by Crippen LogP contribution is -2.66. The molecule has 0 bridgehead atoms. The topological polar surface area (TPSA) is 78.7 Å².